The minimum atomic E-state index is 0.0467. The van der Waals surface area contributed by atoms with Crippen LogP contribution in [-0.2, 0) is 17.8 Å². The Kier molecular flexibility index (Phi) is 4.07. The van der Waals surface area contributed by atoms with Crippen molar-refractivity contribution in [2.24, 2.45) is 5.92 Å². The van der Waals surface area contributed by atoms with Gasteiger partial charge >= 0.3 is 0 Å². The lowest BCUT2D eigenvalue weighted by Crippen LogP contribution is -2.40. The maximum Gasteiger partial charge on any atom is 0.227 e. The second-order valence-corrected chi connectivity index (χ2v) is 8.02. The summed E-state index contributed by atoms with van der Waals surface area (Å²) in [6, 6.07) is 12.5. The highest BCUT2D eigenvalue weighted by atomic mass is 16.2. The molecule has 2 aliphatic rings. The van der Waals surface area contributed by atoms with Gasteiger partial charge < -0.3 is 9.80 Å². The van der Waals surface area contributed by atoms with Crippen LogP contribution in [0.25, 0.3) is 5.65 Å². The highest BCUT2D eigenvalue weighted by Gasteiger charge is 2.33. The molecule has 1 fully saturated rings. The molecule has 6 heteroatoms. The normalized spacial score (nSPS) is 19.3. The molecule has 0 N–H and O–H groups in total. The van der Waals surface area contributed by atoms with Crippen LogP contribution in [0, 0.1) is 19.8 Å². The third-order valence-corrected chi connectivity index (χ3v) is 5.96. The van der Waals surface area contributed by atoms with Crippen LogP contribution in [0.4, 0.5) is 5.82 Å². The lowest BCUT2D eigenvalue weighted by molar-refractivity contribution is -0.135. The smallest absolute Gasteiger partial charge is 0.227 e. The van der Waals surface area contributed by atoms with Gasteiger partial charge in [0.2, 0.25) is 5.91 Å². The summed E-state index contributed by atoms with van der Waals surface area (Å²) in [5, 5.41) is 4.60. The van der Waals surface area contributed by atoms with E-state index in [1.165, 1.54) is 11.1 Å². The highest BCUT2D eigenvalue weighted by molar-refractivity contribution is 5.80. The van der Waals surface area contributed by atoms with E-state index < -0.39 is 0 Å². The zero-order chi connectivity index (χ0) is 19.3. The van der Waals surface area contributed by atoms with Crippen molar-refractivity contribution in [2.75, 3.05) is 24.5 Å². The minimum Gasteiger partial charge on any atom is -0.356 e. The first-order valence-electron chi connectivity index (χ1n) is 10.0. The van der Waals surface area contributed by atoms with Crippen molar-refractivity contribution in [3.63, 3.8) is 0 Å². The molecule has 1 aromatic carbocycles. The SMILES string of the molecule is Cc1cc(N2CCC(C(=O)N3CCc4ccccc4C3)C2)n2nc(C)cc2n1. The van der Waals surface area contributed by atoms with E-state index in [2.05, 4.69) is 45.3 Å². The Morgan fingerprint density at radius 3 is 2.75 bits per heavy atom. The molecular weight excluding hydrogens is 350 g/mol. The van der Waals surface area contributed by atoms with Crippen molar-refractivity contribution in [2.45, 2.75) is 33.2 Å². The molecule has 28 heavy (non-hydrogen) atoms. The molecule has 0 saturated carbocycles. The molecule has 2 aliphatic heterocycles. The van der Waals surface area contributed by atoms with Gasteiger partial charge in [0.25, 0.3) is 0 Å². The van der Waals surface area contributed by atoms with E-state index in [9.17, 15) is 4.79 Å². The van der Waals surface area contributed by atoms with Gasteiger partial charge in [0, 0.05) is 44.0 Å². The first-order valence-corrected chi connectivity index (χ1v) is 10.0. The third kappa shape index (κ3) is 2.93. The van der Waals surface area contributed by atoms with Gasteiger partial charge in [0.1, 0.15) is 5.82 Å². The van der Waals surface area contributed by atoms with Crippen LogP contribution >= 0.6 is 0 Å². The summed E-state index contributed by atoms with van der Waals surface area (Å²) in [5.74, 6) is 1.37. The molecule has 1 saturated heterocycles. The summed E-state index contributed by atoms with van der Waals surface area (Å²) in [6.07, 6.45) is 1.84. The predicted octanol–water partition coefficient (Wildman–Crippen LogP) is 2.76. The largest absolute Gasteiger partial charge is 0.356 e. The van der Waals surface area contributed by atoms with Crippen LogP contribution in [0.2, 0.25) is 0 Å². The van der Waals surface area contributed by atoms with Gasteiger partial charge in [0.05, 0.1) is 11.6 Å². The zero-order valence-electron chi connectivity index (χ0n) is 16.4. The molecule has 1 atom stereocenters. The second-order valence-electron chi connectivity index (χ2n) is 8.02. The van der Waals surface area contributed by atoms with Gasteiger partial charge in [-0.25, -0.2) is 4.98 Å². The molecule has 144 valence electrons. The van der Waals surface area contributed by atoms with Gasteiger partial charge in [-0.1, -0.05) is 24.3 Å². The molecule has 3 aromatic rings. The third-order valence-electron chi connectivity index (χ3n) is 5.96. The number of anilines is 1. The van der Waals surface area contributed by atoms with Crippen molar-refractivity contribution < 1.29 is 4.79 Å². The summed E-state index contributed by atoms with van der Waals surface area (Å²) < 4.78 is 1.91. The van der Waals surface area contributed by atoms with Crippen LogP contribution in [0.3, 0.4) is 0 Å². The van der Waals surface area contributed by atoms with E-state index in [0.717, 1.165) is 61.9 Å². The topological polar surface area (TPSA) is 53.7 Å². The number of fused-ring (bicyclic) bond motifs is 2. The molecule has 0 aliphatic carbocycles. The number of hydrogen-bond donors (Lipinski definition) is 0. The summed E-state index contributed by atoms with van der Waals surface area (Å²) in [7, 11) is 0. The molecular formula is C22H25N5O. The number of carbonyl (C=O) groups excluding carboxylic acids is 1. The maximum absolute atomic E-state index is 13.2. The van der Waals surface area contributed by atoms with Gasteiger partial charge in [-0.3, -0.25) is 4.79 Å². The average Bonchev–Trinajstić information content (AvgIpc) is 3.32. The fourth-order valence-electron chi connectivity index (χ4n) is 4.53. The fourth-order valence-corrected chi connectivity index (χ4v) is 4.53. The monoisotopic (exact) mass is 375 g/mol. The Bertz CT molecular complexity index is 1060. The van der Waals surface area contributed by atoms with E-state index in [1.54, 1.807) is 0 Å². The highest BCUT2D eigenvalue weighted by Crippen LogP contribution is 2.28. The molecule has 0 radical (unpaired) electrons. The molecule has 6 nitrogen and oxygen atoms in total. The quantitative estimate of drug-likeness (QED) is 0.691. The Balaban J connectivity index is 1.35. The number of hydrogen-bond acceptors (Lipinski definition) is 4. The number of nitrogens with zero attached hydrogens (tertiary/aromatic N) is 5. The van der Waals surface area contributed by atoms with Crippen LogP contribution in [0.5, 0.6) is 0 Å². The van der Waals surface area contributed by atoms with Crippen molar-refractivity contribution in [3.8, 4) is 0 Å². The number of aromatic nitrogens is 3. The fraction of sp³-hybridized carbons (Fsp3) is 0.409. The first-order chi connectivity index (χ1) is 13.6. The number of carbonyl (C=O) groups is 1. The number of aryl methyl sites for hydroxylation is 2. The average molecular weight is 375 g/mol. The second kappa shape index (κ2) is 6.62. The van der Waals surface area contributed by atoms with Gasteiger partial charge in [-0.15, -0.1) is 0 Å². The molecule has 1 amide bonds. The van der Waals surface area contributed by atoms with Crippen molar-refractivity contribution in [3.05, 3.63) is 58.9 Å². The van der Waals surface area contributed by atoms with Crippen molar-refractivity contribution in [1.82, 2.24) is 19.5 Å². The van der Waals surface area contributed by atoms with E-state index in [-0.39, 0.29) is 11.8 Å². The summed E-state index contributed by atoms with van der Waals surface area (Å²) in [6.45, 7) is 7.17. The van der Waals surface area contributed by atoms with Crippen molar-refractivity contribution >= 4 is 17.4 Å². The minimum absolute atomic E-state index is 0.0467. The summed E-state index contributed by atoms with van der Waals surface area (Å²) in [5.41, 5.74) is 5.47. The Morgan fingerprint density at radius 2 is 1.89 bits per heavy atom. The molecule has 2 aromatic heterocycles. The Labute approximate surface area is 164 Å². The molecule has 1 unspecified atom stereocenters. The van der Waals surface area contributed by atoms with Crippen LogP contribution < -0.4 is 4.90 Å². The van der Waals surface area contributed by atoms with Crippen LogP contribution in [0.1, 0.15) is 28.9 Å². The summed E-state index contributed by atoms with van der Waals surface area (Å²) >= 11 is 0. The van der Waals surface area contributed by atoms with Crippen LogP contribution in [-0.4, -0.2) is 45.0 Å². The molecule has 4 heterocycles. The zero-order valence-corrected chi connectivity index (χ0v) is 16.4. The van der Waals surface area contributed by atoms with Gasteiger partial charge in [-0.2, -0.15) is 9.61 Å². The first kappa shape index (κ1) is 17.2. The lowest BCUT2D eigenvalue weighted by Gasteiger charge is -2.31. The Morgan fingerprint density at radius 1 is 1.07 bits per heavy atom. The van der Waals surface area contributed by atoms with E-state index >= 15 is 0 Å². The van der Waals surface area contributed by atoms with Crippen molar-refractivity contribution in [1.29, 1.82) is 0 Å². The molecule has 0 bridgehead atoms. The standard InChI is InChI=1S/C22H25N5O/c1-15-12-21(27-20(23-15)11-16(2)24-27)25-9-8-19(14-25)22(28)26-10-7-17-5-3-4-6-18(17)13-26/h3-6,11-12,19H,7-10,13-14H2,1-2H3. The predicted molar refractivity (Wildman–Crippen MR) is 108 cm³/mol. The Hall–Kier alpha value is -2.89. The molecule has 0 spiro atoms. The van der Waals surface area contributed by atoms with E-state index in [4.69, 9.17) is 0 Å². The number of rotatable bonds is 2. The lowest BCUT2D eigenvalue weighted by atomic mass is 9.98. The van der Waals surface area contributed by atoms with Crippen LogP contribution in [0.15, 0.2) is 36.4 Å². The maximum atomic E-state index is 13.2. The molecule has 5 rings (SSSR count). The van der Waals surface area contributed by atoms with E-state index in [1.807, 2.05) is 29.3 Å². The number of benzene rings is 1. The van der Waals surface area contributed by atoms with Gasteiger partial charge in [0.15, 0.2) is 5.65 Å². The summed E-state index contributed by atoms with van der Waals surface area (Å²) in [4.78, 5) is 22.1. The number of amides is 1. The van der Waals surface area contributed by atoms with E-state index in [0.29, 0.717) is 0 Å². The van der Waals surface area contributed by atoms with Gasteiger partial charge in [-0.05, 0) is 37.8 Å².